The summed E-state index contributed by atoms with van der Waals surface area (Å²) in [6.07, 6.45) is 2.59. The van der Waals surface area contributed by atoms with Gasteiger partial charge in [-0.3, -0.25) is 9.79 Å². The number of guanidine groups is 1. The Morgan fingerprint density at radius 2 is 1.78 bits per heavy atom. The highest BCUT2D eigenvalue weighted by Crippen LogP contribution is 2.07. The smallest absolute Gasteiger partial charge is 0.407 e. The molecular weight excluding hydrogens is 461 g/mol. The van der Waals surface area contributed by atoms with E-state index in [2.05, 4.69) is 33.2 Å². The first-order valence-corrected chi connectivity index (χ1v) is 9.44. The van der Waals surface area contributed by atoms with Crippen molar-refractivity contribution in [3.05, 3.63) is 0 Å². The van der Waals surface area contributed by atoms with E-state index < -0.39 is 11.7 Å². The zero-order valence-electron chi connectivity index (χ0n) is 17.6. The zero-order valence-corrected chi connectivity index (χ0v) is 19.9. The van der Waals surface area contributed by atoms with E-state index in [0.717, 1.165) is 25.8 Å². The molecule has 0 rings (SSSR count). The van der Waals surface area contributed by atoms with Crippen LogP contribution in [0.3, 0.4) is 0 Å². The number of aliphatic imine (C=N–C) groups is 1. The van der Waals surface area contributed by atoms with Gasteiger partial charge in [0, 0.05) is 32.6 Å². The molecular formula is C18H38IN5O3. The van der Waals surface area contributed by atoms with Crippen LogP contribution in [-0.2, 0) is 9.53 Å². The van der Waals surface area contributed by atoms with Crippen molar-refractivity contribution >= 4 is 41.9 Å². The van der Waals surface area contributed by atoms with Gasteiger partial charge in [0.05, 0.1) is 6.54 Å². The molecule has 0 aliphatic heterocycles. The Labute approximate surface area is 181 Å². The molecule has 2 amide bonds. The van der Waals surface area contributed by atoms with Crippen LogP contribution in [0, 0.1) is 0 Å². The first-order valence-electron chi connectivity index (χ1n) is 9.44. The summed E-state index contributed by atoms with van der Waals surface area (Å²) in [7, 11) is 0. The van der Waals surface area contributed by atoms with Gasteiger partial charge in [-0.15, -0.1) is 24.0 Å². The van der Waals surface area contributed by atoms with Gasteiger partial charge in [-0.1, -0.05) is 19.8 Å². The molecule has 0 aromatic heterocycles. The minimum atomic E-state index is -0.517. The molecule has 0 heterocycles. The predicted octanol–water partition coefficient (Wildman–Crippen LogP) is 2.38. The van der Waals surface area contributed by atoms with Crippen LogP contribution in [0.25, 0.3) is 0 Å². The molecule has 1 atom stereocenters. The van der Waals surface area contributed by atoms with E-state index in [1.54, 1.807) is 0 Å². The van der Waals surface area contributed by atoms with Crippen molar-refractivity contribution in [2.45, 2.75) is 72.4 Å². The third kappa shape index (κ3) is 17.9. The average molecular weight is 499 g/mol. The molecule has 0 saturated heterocycles. The molecule has 0 radical (unpaired) electrons. The van der Waals surface area contributed by atoms with Gasteiger partial charge in [-0.05, 0) is 34.1 Å². The Kier molecular flexibility index (Phi) is 16.3. The molecule has 0 bridgehead atoms. The number of carbonyl (C=O) groups is 2. The van der Waals surface area contributed by atoms with Gasteiger partial charge in [0.2, 0.25) is 5.91 Å². The van der Waals surface area contributed by atoms with E-state index in [-0.39, 0.29) is 35.9 Å². The van der Waals surface area contributed by atoms with Crippen molar-refractivity contribution in [2.75, 3.05) is 26.2 Å². The Bertz CT molecular complexity index is 453. The molecule has 27 heavy (non-hydrogen) atoms. The highest BCUT2D eigenvalue weighted by Gasteiger charge is 2.18. The third-order valence-corrected chi connectivity index (χ3v) is 3.24. The fourth-order valence-corrected chi connectivity index (χ4v) is 2.11. The second kappa shape index (κ2) is 15.8. The highest BCUT2D eigenvalue weighted by atomic mass is 127. The van der Waals surface area contributed by atoms with E-state index >= 15 is 0 Å². The van der Waals surface area contributed by atoms with E-state index in [1.165, 1.54) is 6.92 Å². The maximum absolute atomic E-state index is 11.9. The zero-order chi connectivity index (χ0) is 20.0. The number of amides is 2. The Hall–Kier alpha value is -1.26. The topological polar surface area (TPSA) is 104 Å². The maximum atomic E-state index is 11.9. The summed E-state index contributed by atoms with van der Waals surface area (Å²) in [5, 5.41) is 12.1. The molecule has 0 fully saturated rings. The molecule has 9 heteroatoms. The monoisotopic (exact) mass is 499 g/mol. The molecule has 160 valence electrons. The minimum Gasteiger partial charge on any atom is -0.444 e. The second-order valence-corrected chi connectivity index (χ2v) is 7.11. The number of ether oxygens (including phenoxy) is 1. The number of nitrogens with zero attached hydrogens (tertiary/aromatic N) is 1. The first-order chi connectivity index (χ1) is 12.2. The predicted molar refractivity (Wildman–Crippen MR) is 121 cm³/mol. The fraction of sp³-hybridized carbons (Fsp3) is 0.833. The van der Waals surface area contributed by atoms with Crippen molar-refractivity contribution < 1.29 is 14.3 Å². The number of hydrogen-bond donors (Lipinski definition) is 4. The fourth-order valence-electron chi connectivity index (χ4n) is 2.11. The summed E-state index contributed by atoms with van der Waals surface area (Å²) in [4.78, 5) is 27.2. The molecule has 0 spiro atoms. The lowest BCUT2D eigenvalue weighted by atomic mass is 10.1. The van der Waals surface area contributed by atoms with Crippen LogP contribution < -0.4 is 21.3 Å². The normalized spacial score (nSPS) is 12.4. The largest absolute Gasteiger partial charge is 0.444 e. The van der Waals surface area contributed by atoms with Gasteiger partial charge in [0.25, 0.3) is 0 Å². The summed E-state index contributed by atoms with van der Waals surface area (Å²) >= 11 is 0. The van der Waals surface area contributed by atoms with Crippen LogP contribution >= 0.6 is 24.0 Å². The van der Waals surface area contributed by atoms with Crippen molar-refractivity contribution in [3.63, 3.8) is 0 Å². The van der Waals surface area contributed by atoms with Crippen LogP contribution in [-0.4, -0.2) is 55.8 Å². The van der Waals surface area contributed by atoms with Crippen LogP contribution in [0.15, 0.2) is 4.99 Å². The van der Waals surface area contributed by atoms with Gasteiger partial charge >= 0.3 is 6.09 Å². The Morgan fingerprint density at radius 3 is 2.30 bits per heavy atom. The molecule has 1 unspecified atom stereocenters. The molecule has 0 aromatic carbocycles. The molecule has 0 aromatic rings. The average Bonchev–Trinajstić information content (AvgIpc) is 2.52. The lowest BCUT2D eigenvalue weighted by molar-refractivity contribution is -0.118. The molecule has 4 N–H and O–H groups in total. The van der Waals surface area contributed by atoms with Gasteiger partial charge in [-0.2, -0.15) is 0 Å². The molecule has 0 saturated carbocycles. The number of halogens is 1. The van der Waals surface area contributed by atoms with E-state index in [9.17, 15) is 9.59 Å². The number of hydrogen-bond acceptors (Lipinski definition) is 4. The summed E-state index contributed by atoms with van der Waals surface area (Å²) < 4.78 is 5.28. The number of alkyl carbamates (subject to hydrolysis) is 1. The van der Waals surface area contributed by atoms with Crippen molar-refractivity contribution in [2.24, 2.45) is 4.99 Å². The molecule has 0 aliphatic rings. The van der Waals surface area contributed by atoms with E-state index in [4.69, 9.17) is 4.74 Å². The lowest BCUT2D eigenvalue weighted by Crippen LogP contribution is -2.49. The van der Waals surface area contributed by atoms with Gasteiger partial charge in [-0.25, -0.2) is 4.79 Å². The SMILES string of the molecule is CCCCC(CNC(=O)OC(C)(C)C)NC(=NCCNC(C)=O)NCC.I. The Balaban J connectivity index is 0. The second-order valence-electron chi connectivity index (χ2n) is 7.11. The van der Waals surface area contributed by atoms with Crippen LogP contribution in [0.2, 0.25) is 0 Å². The number of unbranched alkanes of at least 4 members (excludes halogenated alkanes) is 1. The Morgan fingerprint density at radius 1 is 1.11 bits per heavy atom. The minimum absolute atomic E-state index is 0. The van der Waals surface area contributed by atoms with E-state index in [0.29, 0.717) is 25.6 Å². The standard InChI is InChI=1S/C18H37N5O3.HI/c1-7-9-10-15(13-22-17(25)26-18(4,5)6)23-16(19-8-2)21-12-11-20-14(3)24;/h15H,7-13H2,1-6H3,(H,20,24)(H,22,25)(H2,19,21,23);1H. The van der Waals surface area contributed by atoms with Crippen molar-refractivity contribution in [1.82, 2.24) is 21.3 Å². The van der Waals surface area contributed by atoms with Crippen LogP contribution in [0.1, 0.15) is 60.8 Å². The number of carbonyl (C=O) groups excluding carboxylic acids is 2. The van der Waals surface area contributed by atoms with E-state index in [1.807, 2.05) is 27.7 Å². The van der Waals surface area contributed by atoms with Gasteiger partial charge in [0.1, 0.15) is 5.60 Å². The lowest BCUT2D eigenvalue weighted by Gasteiger charge is -2.24. The number of nitrogens with one attached hydrogen (secondary N) is 4. The summed E-state index contributed by atoms with van der Waals surface area (Å²) in [5.74, 6) is 0.602. The quantitative estimate of drug-likeness (QED) is 0.160. The third-order valence-electron chi connectivity index (χ3n) is 3.24. The highest BCUT2D eigenvalue weighted by molar-refractivity contribution is 14.0. The van der Waals surface area contributed by atoms with Crippen molar-refractivity contribution in [3.8, 4) is 0 Å². The summed E-state index contributed by atoms with van der Waals surface area (Å²) in [5.41, 5.74) is -0.517. The molecule has 0 aliphatic carbocycles. The molecule has 8 nitrogen and oxygen atoms in total. The van der Waals surface area contributed by atoms with Gasteiger partial charge < -0.3 is 26.0 Å². The summed E-state index contributed by atoms with van der Waals surface area (Å²) in [6, 6.07) is 0.0426. The number of rotatable bonds is 10. The van der Waals surface area contributed by atoms with Crippen LogP contribution in [0.5, 0.6) is 0 Å². The van der Waals surface area contributed by atoms with Crippen LogP contribution in [0.4, 0.5) is 4.79 Å². The first kappa shape index (κ1) is 28.0. The maximum Gasteiger partial charge on any atom is 0.407 e. The van der Waals surface area contributed by atoms with Gasteiger partial charge in [0.15, 0.2) is 5.96 Å². The summed E-state index contributed by atoms with van der Waals surface area (Å²) in [6.45, 7) is 13.3. The van der Waals surface area contributed by atoms with Crippen molar-refractivity contribution in [1.29, 1.82) is 0 Å².